The minimum absolute atomic E-state index is 0.264. The van der Waals surface area contributed by atoms with Crippen LogP contribution in [0.4, 0.5) is 0 Å². The minimum atomic E-state index is -0.264. The van der Waals surface area contributed by atoms with E-state index in [9.17, 15) is 0 Å². The van der Waals surface area contributed by atoms with Crippen LogP contribution in [0.1, 0.15) is 33.6 Å². The summed E-state index contributed by atoms with van der Waals surface area (Å²) in [6.07, 6.45) is 7.21. The highest BCUT2D eigenvalue weighted by Gasteiger charge is 2.48. The van der Waals surface area contributed by atoms with Crippen molar-refractivity contribution in [1.82, 2.24) is 19.5 Å². The summed E-state index contributed by atoms with van der Waals surface area (Å²) in [7, 11) is 0. The van der Waals surface area contributed by atoms with E-state index in [1.807, 2.05) is 30.7 Å². The molecule has 3 aromatic heterocycles. The number of rotatable bonds is 5. The summed E-state index contributed by atoms with van der Waals surface area (Å²) in [6.45, 7) is 4.48. The van der Waals surface area contributed by atoms with Gasteiger partial charge in [0.15, 0.2) is 0 Å². The van der Waals surface area contributed by atoms with Gasteiger partial charge in [-0.3, -0.25) is 15.0 Å². The Balaban J connectivity index is 0.957. The molecule has 284 valence electrons. The largest absolute Gasteiger partial charge is 0.309 e. The van der Waals surface area contributed by atoms with Crippen LogP contribution in [0, 0.1) is 13.8 Å². The molecule has 0 aliphatic heterocycles. The lowest BCUT2D eigenvalue weighted by molar-refractivity contribution is 0.558. The van der Waals surface area contributed by atoms with Crippen molar-refractivity contribution in [3.05, 3.63) is 216 Å². The molecule has 0 amide bonds. The maximum atomic E-state index is 4.90. The highest BCUT2D eigenvalue weighted by atomic mass is 15.0. The summed E-state index contributed by atoms with van der Waals surface area (Å²) < 4.78 is 2.40. The first-order chi connectivity index (χ1) is 29.5. The van der Waals surface area contributed by atoms with E-state index in [4.69, 9.17) is 9.97 Å². The van der Waals surface area contributed by atoms with Gasteiger partial charge in [-0.25, -0.2) is 0 Å². The number of hydrogen-bond donors (Lipinski definition) is 0. The number of pyridine rings is 1. The lowest BCUT2D eigenvalue weighted by Gasteiger charge is -2.27. The van der Waals surface area contributed by atoms with Crippen LogP contribution in [0.5, 0.6) is 0 Å². The second kappa shape index (κ2) is 13.3. The maximum Gasteiger partial charge on any atom is 0.0702 e. The minimum Gasteiger partial charge on any atom is -0.309 e. The van der Waals surface area contributed by atoms with Crippen molar-refractivity contribution in [2.75, 3.05) is 0 Å². The Hall–Kier alpha value is -7.43. The number of para-hydroxylation sites is 2. The predicted molar refractivity (Wildman–Crippen MR) is 245 cm³/mol. The molecule has 10 aromatic rings. The molecule has 60 heavy (non-hydrogen) atoms. The first-order valence-corrected chi connectivity index (χ1v) is 20.8. The van der Waals surface area contributed by atoms with Crippen LogP contribution in [0.25, 0.3) is 83.3 Å². The van der Waals surface area contributed by atoms with Crippen LogP contribution in [0.15, 0.2) is 182 Å². The molecule has 3 heterocycles. The molecule has 12 rings (SSSR count). The smallest absolute Gasteiger partial charge is 0.0702 e. The first-order valence-electron chi connectivity index (χ1n) is 20.8. The van der Waals surface area contributed by atoms with E-state index >= 15 is 0 Å². The molecule has 7 aromatic carbocycles. The molecular weight excluding hydrogens is 729 g/mol. The van der Waals surface area contributed by atoms with Crippen LogP contribution in [-0.2, 0) is 18.3 Å². The molecule has 1 spiro atoms. The van der Waals surface area contributed by atoms with Crippen LogP contribution in [0.2, 0.25) is 0 Å². The molecule has 0 fully saturated rings. The van der Waals surface area contributed by atoms with Gasteiger partial charge < -0.3 is 4.57 Å². The Bertz CT molecular complexity index is 3280. The van der Waals surface area contributed by atoms with E-state index < -0.39 is 0 Å². The summed E-state index contributed by atoms with van der Waals surface area (Å²) in [5.74, 6) is 0. The Morgan fingerprint density at radius 2 is 1.02 bits per heavy atom. The molecule has 4 heteroatoms. The molecular formula is C56H40N4. The van der Waals surface area contributed by atoms with Gasteiger partial charge in [-0.15, -0.1) is 0 Å². The zero-order valence-corrected chi connectivity index (χ0v) is 33.5. The highest BCUT2D eigenvalue weighted by Crippen LogP contribution is 2.56. The van der Waals surface area contributed by atoms with Gasteiger partial charge in [-0.1, -0.05) is 103 Å². The Kier molecular flexibility index (Phi) is 7.67. The highest BCUT2D eigenvalue weighted by molar-refractivity contribution is 6.09. The van der Waals surface area contributed by atoms with E-state index in [1.165, 1.54) is 94.3 Å². The number of aromatic nitrogens is 4. The van der Waals surface area contributed by atoms with Crippen molar-refractivity contribution in [3.63, 3.8) is 0 Å². The van der Waals surface area contributed by atoms with Gasteiger partial charge in [0, 0.05) is 58.9 Å². The summed E-state index contributed by atoms with van der Waals surface area (Å²) in [5, 5.41) is 2.55. The fourth-order valence-corrected chi connectivity index (χ4v) is 10.4. The van der Waals surface area contributed by atoms with Crippen molar-refractivity contribution in [2.45, 2.75) is 32.1 Å². The predicted octanol–water partition coefficient (Wildman–Crippen LogP) is 13.3. The Labute approximate surface area is 349 Å². The number of nitrogens with zero attached hydrogens (tertiary/aromatic N) is 4. The van der Waals surface area contributed by atoms with E-state index in [-0.39, 0.29) is 5.41 Å². The van der Waals surface area contributed by atoms with E-state index in [0.29, 0.717) is 0 Å². The van der Waals surface area contributed by atoms with Gasteiger partial charge in [0.05, 0.1) is 28.1 Å². The van der Waals surface area contributed by atoms with Crippen LogP contribution < -0.4 is 0 Å². The van der Waals surface area contributed by atoms with Crippen molar-refractivity contribution in [2.24, 2.45) is 0 Å². The van der Waals surface area contributed by atoms with Crippen molar-refractivity contribution in [3.8, 4) is 61.5 Å². The maximum absolute atomic E-state index is 4.90. The monoisotopic (exact) mass is 768 g/mol. The summed E-state index contributed by atoms with van der Waals surface area (Å²) >= 11 is 0. The van der Waals surface area contributed by atoms with Gasteiger partial charge in [-0.05, 0) is 141 Å². The molecule has 0 unspecified atom stereocenters. The summed E-state index contributed by atoms with van der Waals surface area (Å²) in [4.78, 5) is 14.4. The molecule has 0 radical (unpaired) electrons. The second-order valence-corrected chi connectivity index (χ2v) is 16.6. The summed E-state index contributed by atoms with van der Waals surface area (Å²) in [5.41, 5.74) is 22.9. The first kappa shape index (κ1) is 34.6. The zero-order valence-electron chi connectivity index (χ0n) is 33.5. The fraction of sp³-hybridized carbons (Fsp3) is 0.0893. The topological polar surface area (TPSA) is 43.6 Å². The van der Waals surface area contributed by atoms with Gasteiger partial charge in [-0.2, -0.15) is 0 Å². The van der Waals surface area contributed by atoms with Crippen molar-refractivity contribution >= 4 is 21.8 Å². The van der Waals surface area contributed by atoms with Crippen LogP contribution in [0.3, 0.4) is 0 Å². The lowest BCUT2D eigenvalue weighted by Crippen LogP contribution is -2.26. The molecule has 0 bridgehead atoms. The third-order valence-electron chi connectivity index (χ3n) is 13.2. The molecule has 0 saturated carbocycles. The lowest BCUT2D eigenvalue weighted by atomic mass is 9.75. The van der Waals surface area contributed by atoms with Crippen LogP contribution >= 0.6 is 0 Å². The number of benzene rings is 7. The van der Waals surface area contributed by atoms with Crippen LogP contribution in [-0.4, -0.2) is 19.5 Å². The van der Waals surface area contributed by atoms with E-state index in [0.717, 1.165) is 35.5 Å². The average Bonchev–Trinajstić information content (AvgIpc) is 3.94. The van der Waals surface area contributed by atoms with Gasteiger partial charge in [0.1, 0.15) is 0 Å². The third kappa shape index (κ3) is 5.27. The second-order valence-electron chi connectivity index (χ2n) is 16.6. The van der Waals surface area contributed by atoms with Crippen molar-refractivity contribution in [1.29, 1.82) is 0 Å². The fourth-order valence-electron chi connectivity index (χ4n) is 10.4. The van der Waals surface area contributed by atoms with E-state index in [1.54, 1.807) is 0 Å². The molecule has 0 N–H and O–H groups in total. The number of aryl methyl sites for hydroxylation is 2. The molecule has 4 nitrogen and oxygen atoms in total. The number of hydrogen-bond acceptors (Lipinski definition) is 3. The van der Waals surface area contributed by atoms with Gasteiger partial charge in [0.25, 0.3) is 0 Å². The van der Waals surface area contributed by atoms with Gasteiger partial charge >= 0.3 is 0 Å². The molecule has 0 atom stereocenters. The molecule has 0 saturated heterocycles. The van der Waals surface area contributed by atoms with Crippen molar-refractivity contribution < 1.29 is 0 Å². The third-order valence-corrected chi connectivity index (χ3v) is 13.2. The molecule has 2 aliphatic rings. The zero-order chi connectivity index (χ0) is 40.0. The summed E-state index contributed by atoms with van der Waals surface area (Å²) in [6, 6.07) is 60.4. The average molecular weight is 769 g/mol. The Morgan fingerprint density at radius 3 is 1.68 bits per heavy atom. The van der Waals surface area contributed by atoms with Gasteiger partial charge in [0.2, 0.25) is 0 Å². The van der Waals surface area contributed by atoms with E-state index in [2.05, 4.69) is 175 Å². The SMILES string of the molecule is Cc1cc(-n2c3ccccc3c3ccccc32)ccc1-c1ccc2c(c1)C1(Cc3nccnc3C1)c1cc(-c3cc(-c4cccc(-c5ccccn5)c4)ccc3C)ccc1-2. The quantitative estimate of drug-likeness (QED) is 0.175. The Morgan fingerprint density at radius 1 is 0.417 bits per heavy atom. The normalized spacial score (nSPS) is 13.5. The number of fused-ring (bicyclic) bond motifs is 9. The molecule has 2 aliphatic carbocycles. The standard InChI is InChI=1S/C56H40N4/c1-35-17-18-38(37-10-9-11-41(29-37)51-14-7-8-25-57-51)30-48(35)40-20-23-45-44-22-19-39(31-49(44)56(50(45)32-40)33-52-53(34-56)59-27-26-58-52)43-24-21-42(28-36(43)2)60-54-15-5-3-12-46(54)47-13-4-6-16-55(47)60/h3-32H,33-34H2,1-2H3.